The van der Waals surface area contributed by atoms with Crippen LogP contribution in [0.1, 0.15) is 36.3 Å². The molecule has 0 fully saturated rings. The van der Waals surface area contributed by atoms with Crippen LogP contribution >= 0.6 is 11.8 Å². The van der Waals surface area contributed by atoms with Gasteiger partial charge in [0.15, 0.2) is 5.82 Å². The van der Waals surface area contributed by atoms with Gasteiger partial charge in [-0.3, -0.25) is 4.79 Å². The van der Waals surface area contributed by atoms with Crippen LogP contribution in [-0.2, 0) is 17.4 Å². The largest absolute Gasteiger partial charge is 0.418 e. The molecule has 1 aromatic heterocycles. The van der Waals surface area contributed by atoms with E-state index in [-0.39, 0.29) is 5.69 Å². The van der Waals surface area contributed by atoms with Crippen LogP contribution in [0.5, 0.6) is 0 Å². The van der Waals surface area contributed by atoms with Gasteiger partial charge in [0.05, 0.1) is 17.3 Å². The highest BCUT2D eigenvalue weighted by Crippen LogP contribution is 2.39. The van der Waals surface area contributed by atoms with Gasteiger partial charge in [-0.2, -0.15) is 13.2 Å². The fourth-order valence-electron chi connectivity index (χ4n) is 3.45. The van der Waals surface area contributed by atoms with Crippen LogP contribution in [0.2, 0.25) is 0 Å². The molecular formula is C21H19F4N5OS. The van der Waals surface area contributed by atoms with E-state index in [1.54, 1.807) is 4.68 Å². The van der Waals surface area contributed by atoms with Gasteiger partial charge in [0.25, 0.3) is 0 Å². The first-order valence-electron chi connectivity index (χ1n) is 9.88. The van der Waals surface area contributed by atoms with E-state index in [9.17, 15) is 22.4 Å². The standard InChI is InChI=1S/C21H19F4N5OS/c1-2-5-16-27-28-20-30(16)29-17(12-8-10-13(22)11-9-12)18(32-20)19(31)26-15-7-4-3-6-14(15)21(23,24)25/h3-4,6-11,17-18,29H,2,5H2,1H3,(H,26,31). The van der Waals surface area contributed by atoms with Crippen molar-refractivity contribution in [3.05, 3.63) is 71.3 Å². The number of halogens is 4. The fraction of sp³-hybridized carbons (Fsp3) is 0.286. The van der Waals surface area contributed by atoms with Crippen molar-refractivity contribution in [2.45, 2.75) is 42.4 Å². The summed E-state index contributed by atoms with van der Waals surface area (Å²) < 4.78 is 55.2. The van der Waals surface area contributed by atoms with Crippen molar-refractivity contribution in [2.24, 2.45) is 0 Å². The van der Waals surface area contributed by atoms with Crippen LogP contribution in [0, 0.1) is 5.82 Å². The summed E-state index contributed by atoms with van der Waals surface area (Å²) in [7, 11) is 0. The van der Waals surface area contributed by atoms with Crippen molar-refractivity contribution in [3.63, 3.8) is 0 Å². The third kappa shape index (κ3) is 4.43. The summed E-state index contributed by atoms with van der Waals surface area (Å²) in [4.78, 5) is 13.2. The summed E-state index contributed by atoms with van der Waals surface area (Å²) in [6.45, 7) is 1.99. The normalized spacial score (nSPS) is 18.0. The zero-order valence-corrected chi connectivity index (χ0v) is 17.7. The van der Waals surface area contributed by atoms with Crippen LogP contribution in [0.3, 0.4) is 0 Å². The van der Waals surface area contributed by atoms with Crippen molar-refractivity contribution in [1.82, 2.24) is 14.9 Å². The number of amides is 1. The third-order valence-corrected chi connectivity index (χ3v) is 6.17. The van der Waals surface area contributed by atoms with Crippen LogP contribution in [-0.4, -0.2) is 26.0 Å². The molecule has 1 aliphatic rings. The average molecular weight is 465 g/mol. The average Bonchev–Trinajstić information content (AvgIpc) is 3.15. The highest BCUT2D eigenvalue weighted by atomic mass is 32.2. The third-order valence-electron chi connectivity index (χ3n) is 4.96. The van der Waals surface area contributed by atoms with E-state index >= 15 is 0 Å². The van der Waals surface area contributed by atoms with E-state index in [0.717, 1.165) is 24.2 Å². The van der Waals surface area contributed by atoms with Crippen LogP contribution < -0.4 is 10.7 Å². The molecule has 2 atom stereocenters. The Kier molecular flexibility index (Phi) is 6.09. The molecule has 0 aliphatic carbocycles. The molecule has 0 spiro atoms. The van der Waals surface area contributed by atoms with Gasteiger partial charge >= 0.3 is 6.18 Å². The lowest BCUT2D eigenvalue weighted by Crippen LogP contribution is -2.41. The number of anilines is 1. The number of carbonyl (C=O) groups excluding carboxylic acids is 1. The summed E-state index contributed by atoms with van der Waals surface area (Å²) >= 11 is 1.09. The molecule has 0 saturated heterocycles. The first-order valence-corrected chi connectivity index (χ1v) is 10.8. The zero-order chi connectivity index (χ0) is 22.9. The molecule has 11 heteroatoms. The minimum absolute atomic E-state index is 0.331. The molecule has 6 nitrogen and oxygen atoms in total. The first-order chi connectivity index (χ1) is 15.3. The molecule has 168 valence electrons. The zero-order valence-electron chi connectivity index (χ0n) is 16.9. The van der Waals surface area contributed by atoms with Crippen molar-refractivity contribution in [1.29, 1.82) is 0 Å². The van der Waals surface area contributed by atoms with Crippen molar-refractivity contribution < 1.29 is 22.4 Å². The number of aryl methyl sites for hydroxylation is 1. The second kappa shape index (κ2) is 8.81. The fourth-order valence-corrected chi connectivity index (χ4v) is 4.55. The maximum absolute atomic E-state index is 13.5. The summed E-state index contributed by atoms with van der Waals surface area (Å²) in [5.74, 6) is -0.405. The maximum Gasteiger partial charge on any atom is 0.418 e. The van der Waals surface area contributed by atoms with Crippen LogP contribution in [0.25, 0.3) is 0 Å². The molecule has 3 aromatic rings. The van der Waals surface area contributed by atoms with Crippen molar-refractivity contribution >= 4 is 23.4 Å². The first kappa shape index (κ1) is 22.1. The number of rotatable bonds is 5. The highest BCUT2D eigenvalue weighted by Gasteiger charge is 2.39. The maximum atomic E-state index is 13.5. The number of nitrogens with one attached hydrogen (secondary N) is 2. The molecule has 0 radical (unpaired) electrons. The van der Waals surface area contributed by atoms with Crippen LogP contribution in [0.4, 0.5) is 23.2 Å². The molecule has 1 aliphatic heterocycles. The monoisotopic (exact) mass is 465 g/mol. The van der Waals surface area contributed by atoms with Gasteiger partial charge in [-0.25, -0.2) is 9.07 Å². The number of carbonyl (C=O) groups is 1. The Morgan fingerprint density at radius 2 is 1.88 bits per heavy atom. The predicted octanol–water partition coefficient (Wildman–Crippen LogP) is 4.79. The molecule has 1 amide bonds. The number of para-hydroxylation sites is 1. The number of nitrogens with zero attached hydrogens (tertiary/aromatic N) is 3. The van der Waals surface area contributed by atoms with Crippen LogP contribution in [0.15, 0.2) is 53.7 Å². The quantitative estimate of drug-likeness (QED) is 0.531. The van der Waals surface area contributed by atoms with Crippen molar-refractivity contribution in [2.75, 3.05) is 10.7 Å². The molecule has 2 aromatic carbocycles. The Morgan fingerprint density at radius 1 is 1.16 bits per heavy atom. The van der Waals surface area contributed by atoms with E-state index < -0.39 is 34.8 Å². The van der Waals surface area contributed by atoms with Crippen molar-refractivity contribution in [3.8, 4) is 0 Å². The second-order valence-corrected chi connectivity index (χ2v) is 8.32. The highest BCUT2D eigenvalue weighted by molar-refractivity contribution is 8.00. The van der Waals surface area contributed by atoms with Gasteiger partial charge in [0.2, 0.25) is 11.1 Å². The lowest BCUT2D eigenvalue weighted by Gasteiger charge is -2.33. The minimum atomic E-state index is -4.62. The molecule has 4 rings (SSSR count). The Bertz CT molecular complexity index is 1120. The predicted molar refractivity (Wildman–Crippen MR) is 112 cm³/mol. The van der Waals surface area contributed by atoms with Gasteiger partial charge in [-0.05, 0) is 36.2 Å². The van der Waals surface area contributed by atoms with E-state index in [0.29, 0.717) is 23.0 Å². The topological polar surface area (TPSA) is 71.8 Å². The van der Waals surface area contributed by atoms with E-state index in [2.05, 4.69) is 20.9 Å². The second-order valence-electron chi connectivity index (χ2n) is 7.21. The molecule has 32 heavy (non-hydrogen) atoms. The molecule has 0 bridgehead atoms. The molecular weight excluding hydrogens is 446 g/mol. The number of aromatic nitrogens is 3. The molecule has 2 unspecified atom stereocenters. The minimum Gasteiger partial charge on any atom is -0.324 e. The van der Waals surface area contributed by atoms with Gasteiger partial charge in [-0.15, -0.1) is 10.2 Å². The number of hydrogen-bond donors (Lipinski definition) is 2. The smallest absolute Gasteiger partial charge is 0.324 e. The Hall–Kier alpha value is -3.08. The lowest BCUT2D eigenvalue weighted by atomic mass is 10.0. The van der Waals surface area contributed by atoms with Gasteiger partial charge in [0, 0.05) is 6.42 Å². The van der Waals surface area contributed by atoms with Gasteiger partial charge in [-0.1, -0.05) is 43.0 Å². The Labute approximate surface area is 185 Å². The number of thioether (sulfide) groups is 1. The summed E-state index contributed by atoms with van der Waals surface area (Å²) in [5, 5.41) is 10.2. The number of benzene rings is 2. The number of hydrogen-bond acceptors (Lipinski definition) is 5. The molecule has 2 N–H and O–H groups in total. The van der Waals surface area contributed by atoms with E-state index in [1.165, 1.54) is 42.5 Å². The Balaban J connectivity index is 1.68. The van der Waals surface area contributed by atoms with E-state index in [4.69, 9.17) is 0 Å². The molecule has 2 heterocycles. The van der Waals surface area contributed by atoms with E-state index in [1.807, 2.05) is 6.92 Å². The molecule has 0 saturated carbocycles. The lowest BCUT2D eigenvalue weighted by molar-refractivity contribution is -0.137. The van der Waals surface area contributed by atoms with Gasteiger partial charge < -0.3 is 10.7 Å². The SMILES string of the molecule is CCCc1nnc2n1NC(c1ccc(F)cc1)C(C(=O)Nc1ccccc1C(F)(F)F)S2. The summed E-state index contributed by atoms with van der Waals surface area (Å²) in [6, 6.07) is 9.74. The number of alkyl halides is 3. The Morgan fingerprint density at radius 3 is 2.56 bits per heavy atom. The summed E-state index contributed by atoms with van der Waals surface area (Å²) in [6.07, 6.45) is -3.15. The van der Waals surface area contributed by atoms with Gasteiger partial charge in [0.1, 0.15) is 11.1 Å². The number of fused-ring (bicyclic) bond motifs is 1. The summed E-state index contributed by atoms with van der Waals surface area (Å²) in [5.41, 5.74) is 2.53.